The highest BCUT2D eigenvalue weighted by molar-refractivity contribution is 5.33. The van der Waals surface area contributed by atoms with Gasteiger partial charge in [0.2, 0.25) is 0 Å². The van der Waals surface area contributed by atoms with Gasteiger partial charge in [0.1, 0.15) is 5.75 Å². The number of benzene rings is 1. The number of aromatic nitrogens is 1. The molecule has 2 aromatic rings. The molecule has 0 fully saturated rings. The topological polar surface area (TPSA) is 26.2 Å². The molecule has 0 saturated heterocycles. The standard InChI is InChI=1S/C16H22N2O/c1-3-18-11-9-14(13-18)12-17-10-8-15-6-4-5-7-16(15)19-2/h4-7,9,11,13,17H,3,8,10,12H2,1-2H3. The predicted molar refractivity (Wildman–Crippen MR) is 78.5 cm³/mol. The van der Waals surface area contributed by atoms with E-state index in [0.29, 0.717) is 0 Å². The first-order chi connectivity index (χ1) is 9.33. The van der Waals surface area contributed by atoms with Crippen LogP contribution < -0.4 is 10.1 Å². The van der Waals surface area contributed by atoms with E-state index in [0.717, 1.165) is 31.8 Å². The van der Waals surface area contributed by atoms with Crippen LogP contribution in [-0.2, 0) is 19.5 Å². The van der Waals surface area contributed by atoms with Gasteiger partial charge in [-0.1, -0.05) is 18.2 Å². The minimum absolute atomic E-state index is 0.919. The Labute approximate surface area is 115 Å². The van der Waals surface area contributed by atoms with Crippen LogP contribution in [0.1, 0.15) is 18.1 Å². The Morgan fingerprint density at radius 2 is 2.05 bits per heavy atom. The molecule has 0 amide bonds. The van der Waals surface area contributed by atoms with Gasteiger partial charge in [-0.05, 0) is 43.1 Å². The molecular formula is C16H22N2O. The maximum absolute atomic E-state index is 5.35. The van der Waals surface area contributed by atoms with Gasteiger partial charge in [0.25, 0.3) is 0 Å². The number of hydrogen-bond acceptors (Lipinski definition) is 2. The molecule has 0 aliphatic carbocycles. The maximum Gasteiger partial charge on any atom is 0.122 e. The number of rotatable bonds is 7. The van der Waals surface area contributed by atoms with E-state index in [1.54, 1.807) is 7.11 Å². The van der Waals surface area contributed by atoms with Crippen molar-refractivity contribution in [1.29, 1.82) is 0 Å². The summed E-state index contributed by atoms with van der Waals surface area (Å²) in [6.07, 6.45) is 5.30. The summed E-state index contributed by atoms with van der Waals surface area (Å²) in [4.78, 5) is 0. The van der Waals surface area contributed by atoms with E-state index in [9.17, 15) is 0 Å². The lowest BCUT2D eigenvalue weighted by Crippen LogP contribution is -2.16. The Kier molecular flexibility index (Phi) is 5.04. The molecule has 0 spiro atoms. The second kappa shape index (κ2) is 7.00. The van der Waals surface area contributed by atoms with Crippen LogP contribution in [0, 0.1) is 0 Å². The van der Waals surface area contributed by atoms with E-state index < -0.39 is 0 Å². The SMILES string of the molecule is CCn1ccc(CNCCc2ccccc2OC)c1. The van der Waals surface area contributed by atoms with Crippen LogP contribution in [0.4, 0.5) is 0 Å². The molecule has 1 aromatic heterocycles. The number of nitrogens with one attached hydrogen (secondary N) is 1. The Morgan fingerprint density at radius 3 is 2.79 bits per heavy atom. The van der Waals surface area contributed by atoms with Gasteiger partial charge >= 0.3 is 0 Å². The van der Waals surface area contributed by atoms with E-state index in [2.05, 4.69) is 47.4 Å². The van der Waals surface area contributed by atoms with Crippen LogP contribution in [0.2, 0.25) is 0 Å². The number of para-hydroxylation sites is 1. The van der Waals surface area contributed by atoms with Crippen LogP contribution in [0.3, 0.4) is 0 Å². The highest BCUT2D eigenvalue weighted by Crippen LogP contribution is 2.17. The van der Waals surface area contributed by atoms with Crippen LogP contribution >= 0.6 is 0 Å². The lowest BCUT2D eigenvalue weighted by atomic mass is 10.1. The summed E-state index contributed by atoms with van der Waals surface area (Å²) in [7, 11) is 1.72. The summed E-state index contributed by atoms with van der Waals surface area (Å²) in [6.45, 7) is 5.06. The molecule has 0 atom stereocenters. The summed E-state index contributed by atoms with van der Waals surface area (Å²) < 4.78 is 7.54. The highest BCUT2D eigenvalue weighted by atomic mass is 16.5. The van der Waals surface area contributed by atoms with Crippen molar-refractivity contribution in [2.75, 3.05) is 13.7 Å². The zero-order valence-electron chi connectivity index (χ0n) is 11.7. The fraction of sp³-hybridized carbons (Fsp3) is 0.375. The molecule has 1 heterocycles. The lowest BCUT2D eigenvalue weighted by Gasteiger charge is -2.08. The molecule has 1 aromatic carbocycles. The van der Waals surface area contributed by atoms with E-state index in [-0.39, 0.29) is 0 Å². The van der Waals surface area contributed by atoms with Crippen molar-refractivity contribution in [2.24, 2.45) is 0 Å². The van der Waals surface area contributed by atoms with Crippen molar-refractivity contribution in [1.82, 2.24) is 9.88 Å². The van der Waals surface area contributed by atoms with E-state index in [1.807, 2.05) is 12.1 Å². The smallest absolute Gasteiger partial charge is 0.122 e. The molecule has 0 aliphatic heterocycles. The molecule has 102 valence electrons. The second-order valence-electron chi connectivity index (χ2n) is 4.59. The Balaban J connectivity index is 1.77. The number of hydrogen-bond donors (Lipinski definition) is 1. The quantitative estimate of drug-likeness (QED) is 0.773. The third kappa shape index (κ3) is 3.86. The van der Waals surface area contributed by atoms with E-state index >= 15 is 0 Å². The van der Waals surface area contributed by atoms with Gasteiger partial charge in [-0.2, -0.15) is 0 Å². The minimum Gasteiger partial charge on any atom is -0.496 e. The summed E-state index contributed by atoms with van der Waals surface area (Å²) in [6, 6.07) is 10.4. The van der Waals surface area contributed by atoms with Crippen molar-refractivity contribution >= 4 is 0 Å². The van der Waals surface area contributed by atoms with Gasteiger partial charge in [-0.3, -0.25) is 0 Å². The van der Waals surface area contributed by atoms with E-state index in [4.69, 9.17) is 4.74 Å². The first-order valence-corrected chi connectivity index (χ1v) is 6.80. The zero-order chi connectivity index (χ0) is 13.5. The van der Waals surface area contributed by atoms with Crippen molar-refractivity contribution in [2.45, 2.75) is 26.4 Å². The first-order valence-electron chi connectivity index (χ1n) is 6.80. The third-order valence-electron chi connectivity index (χ3n) is 3.27. The highest BCUT2D eigenvalue weighted by Gasteiger charge is 2.01. The van der Waals surface area contributed by atoms with Gasteiger partial charge in [-0.25, -0.2) is 0 Å². The van der Waals surface area contributed by atoms with Crippen LogP contribution in [0.15, 0.2) is 42.7 Å². The molecular weight excluding hydrogens is 236 g/mol. The number of ether oxygens (including phenoxy) is 1. The molecule has 0 bridgehead atoms. The molecule has 2 rings (SSSR count). The van der Waals surface area contributed by atoms with Gasteiger partial charge < -0.3 is 14.6 Å². The van der Waals surface area contributed by atoms with Crippen molar-refractivity contribution in [3.63, 3.8) is 0 Å². The second-order valence-corrected chi connectivity index (χ2v) is 4.59. The fourth-order valence-electron chi connectivity index (χ4n) is 2.16. The third-order valence-corrected chi connectivity index (χ3v) is 3.27. The van der Waals surface area contributed by atoms with Gasteiger partial charge in [0.05, 0.1) is 7.11 Å². The maximum atomic E-state index is 5.35. The van der Waals surface area contributed by atoms with Gasteiger partial charge in [-0.15, -0.1) is 0 Å². The molecule has 0 saturated carbocycles. The average Bonchev–Trinajstić information content (AvgIpc) is 2.92. The van der Waals surface area contributed by atoms with Crippen LogP contribution in [0.25, 0.3) is 0 Å². The van der Waals surface area contributed by atoms with Crippen molar-refractivity contribution in [3.8, 4) is 5.75 Å². The summed E-state index contributed by atoms with van der Waals surface area (Å²) in [5.74, 6) is 0.974. The van der Waals surface area contributed by atoms with Crippen LogP contribution in [-0.4, -0.2) is 18.2 Å². The van der Waals surface area contributed by atoms with Crippen molar-refractivity contribution in [3.05, 3.63) is 53.9 Å². The Bertz CT molecular complexity index is 505. The molecule has 19 heavy (non-hydrogen) atoms. The largest absolute Gasteiger partial charge is 0.496 e. The number of methoxy groups -OCH3 is 1. The Morgan fingerprint density at radius 1 is 1.21 bits per heavy atom. The summed E-state index contributed by atoms with van der Waals surface area (Å²) in [5.41, 5.74) is 2.59. The van der Waals surface area contributed by atoms with E-state index in [1.165, 1.54) is 11.1 Å². The molecule has 0 unspecified atom stereocenters. The first kappa shape index (κ1) is 13.7. The predicted octanol–water partition coefficient (Wildman–Crippen LogP) is 2.85. The lowest BCUT2D eigenvalue weighted by molar-refractivity contribution is 0.409. The summed E-state index contributed by atoms with van der Waals surface area (Å²) in [5, 5.41) is 3.47. The van der Waals surface area contributed by atoms with Gasteiger partial charge in [0.15, 0.2) is 0 Å². The van der Waals surface area contributed by atoms with Crippen LogP contribution in [0.5, 0.6) is 5.75 Å². The summed E-state index contributed by atoms with van der Waals surface area (Å²) >= 11 is 0. The van der Waals surface area contributed by atoms with Gasteiger partial charge in [0, 0.05) is 25.5 Å². The molecule has 3 heteroatoms. The normalized spacial score (nSPS) is 10.6. The zero-order valence-corrected chi connectivity index (χ0v) is 11.7. The Hall–Kier alpha value is -1.74. The average molecular weight is 258 g/mol. The molecule has 3 nitrogen and oxygen atoms in total. The molecule has 0 aliphatic rings. The molecule has 1 N–H and O–H groups in total. The minimum atomic E-state index is 0.919. The van der Waals surface area contributed by atoms with Crippen molar-refractivity contribution < 1.29 is 4.74 Å². The number of aryl methyl sites for hydroxylation is 1. The monoisotopic (exact) mass is 258 g/mol. The number of nitrogens with zero attached hydrogens (tertiary/aromatic N) is 1. The fourth-order valence-corrected chi connectivity index (χ4v) is 2.16. The molecule has 0 radical (unpaired) electrons.